The SMILES string of the molecule is CC1CCc2c(sc(NC(=O)c3ccc(C(C)(C)C)cc3)c2C(=O)NCCOC(=O)c2ccc(C(C)(C)C)cc2)C1. The molecule has 3 aromatic rings. The van der Waals surface area contributed by atoms with Gasteiger partial charge in [-0.2, -0.15) is 0 Å². The number of fused-ring (bicyclic) bond motifs is 1. The first-order valence-corrected chi connectivity index (χ1v) is 15.2. The van der Waals surface area contributed by atoms with Gasteiger partial charge in [0.15, 0.2) is 0 Å². The first-order chi connectivity index (χ1) is 19.2. The second-order valence-electron chi connectivity index (χ2n) is 13.1. The van der Waals surface area contributed by atoms with Gasteiger partial charge in [-0.15, -0.1) is 11.3 Å². The van der Waals surface area contributed by atoms with E-state index in [1.165, 1.54) is 11.3 Å². The number of rotatable bonds is 7. The Morgan fingerprint density at radius 1 is 0.854 bits per heavy atom. The van der Waals surface area contributed by atoms with Gasteiger partial charge in [0.1, 0.15) is 11.6 Å². The van der Waals surface area contributed by atoms with Crippen LogP contribution >= 0.6 is 11.3 Å². The van der Waals surface area contributed by atoms with Gasteiger partial charge in [-0.05, 0) is 77.0 Å². The van der Waals surface area contributed by atoms with E-state index in [1.807, 2.05) is 36.4 Å². The zero-order chi connectivity index (χ0) is 29.9. The number of carbonyl (C=O) groups excluding carboxylic acids is 3. The summed E-state index contributed by atoms with van der Waals surface area (Å²) >= 11 is 1.49. The van der Waals surface area contributed by atoms with Crippen molar-refractivity contribution in [2.45, 2.75) is 78.6 Å². The molecule has 6 nitrogen and oxygen atoms in total. The Morgan fingerprint density at radius 2 is 1.41 bits per heavy atom. The molecule has 218 valence electrons. The van der Waals surface area contributed by atoms with Gasteiger partial charge in [-0.25, -0.2) is 4.79 Å². The molecule has 1 aliphatic rings. The molecule has 4 rings (SSSR count). The van der Waals surface area contributed by atoms with Gasteiger partial charge in [0.05, 0.1) is 17.7 Å². The summed E-state index contributed by atoms with van der Waals surface area (Å²) in [7, 11) is 0. The predicted octanol–water partition coefficient (Wildman–Crippen LogP) is 7.31. The largest absolute Gasteiger partial charge is 0.460 e. The van der Waals surface area contributed by atoms with Crippen LogP contribution in [0.5, 0.6) is 0 Å². The van der Waals surface area contributed by atoms with Gasteiger partial charge >= 0.3 is 5.97 Å². The van der Waals surface area contributed by atoms with Crippen LogP contribution in [0, 0.1) is 5.92 Å². The molecule has 1 aliphatic carbocycles. The van der Waals surface area contributed by atoms with E-state index in [-0.39, 0.29) is 35.8 Å². The highest BCUT2D eigenvalue weighted by molar-refractivity contribution is 7.17. The molecule has 2 amide bonds. The molecule has 0 aliphatic heterocycles. The van der Waals surface area contributed by atoms with Crippen molar-refractivity contribution < 1.29 is 19.1 Å². The van der Waals surface area contributed by atoms with Crippen molar-refractivity contribution in [3.8, 4) is 0 Å². The van der Waals surface area contributed by atoms with Gasteiger partial charge in [0.2, 0.25) is 0 Å². The molecule has 2 N–H and O–H groups in total. The lowest BCUT2D eigenvalue weighted by atomic mass is 9.86. The third-order valence-corrected chi connectivity index (χ3v) is 8.76. The number of esters is 1. The van der Waals surface area contributed by atoms with Gasteiger partial charge in [-0.3, -0.25) is 9.59 Å². The minimum atomic E-state index is -0.424. The Hall–Kier alpha value is -3.45. The van der Waals surface area contributed by atoms with Crippen LogP contribution in [0.3, 0.4) is 0 Å². The molecular formula is C34H42N2O4S. The van der Waals surface area contributed by atoms with E-state index in [0.717, 1.165) is 40.8 Å². The number of carbonyl (C=O) groups is 3. The van der Waals surface area contributed by atoms with E-state index < -0.39 is 5.97 Å². The van der Waals surface area contributed by atoms with Gasteiger partial charge < -0.3 is 15.4 Å². The maximum absolute atomic E-state index is 13.4. The number of amides is 2. The Kier molecular flexibility index (Phi) is 9.07. The summed E-state index contributed by atoms with van der Waals surface area (Å²) in [5.41, 5.74) is 4.85. The lowest BCUT2D eigenvalue weighted by molar-refractivity contribution is 0.0503. The smallest absolute Gasteiger partial charge is 0.338 e. The number of ether oxygens (including phenoxy) is 1. The second-order valence-corrected chi connectivity index (χ2v) is 14.2. The van der Waals surface area contributed by atoms with E-state index in [9.17, 15) is 14.4 Å². The number of hydrogen-bond acceptors (Lipinski definition) is 5. The average Bonchev–Trinajstić information content (AvgIpc) is 3.26. The highest BCUT2D eigenvalue weighted by Crippen LogP contribution is 2.40. The van der Waals surface area contributed by atoms with Crippen LogP contribution < -0.4 is 10.6 Å². The van der Waals surface area contributed by atoms with Crippen LogP contribution in [0.25, 0.3) is 0 Å². The summed E-state index contributed by atoms with van der Waals surface area (Å²) in [4.78, 5) is 40.2. The summed E-state index contributed by atoms with van der Waals surface area (Å²) in [5, 5.41) is 6.49. The van der Waals surface area contributed by atoms with Crippen LogP contribution in [0.1, 0.15) is 108 Å². The van der Waals surface area contributed by atoms with Crippen molar-refractivity contribution in [2.24, 2.45) is 5.92 Å². The number of thiophene rings is 1. The molecular weight excluding hydrogens is 532 g/mol. The third kappa shape index (κ3) is 7.45. The quantitative estimate of drug-likeness (QED) is 0.229. The molecule has 41 heavy (non-hydrogen) atoms. The average molecular weight is 575 g/mol. The number of benzene rings is 2. The molecule has 2 aromatic carbocycles. The highest BCUT2D eigenvalue weighted by Gasteiger charge is 2.28. The van der Waals surface area contributed by atoms with Crippen molar-refractivity contribution in [3.05, 3.63) is 86.8 Å². The van der Waals surface area contributed by atoms with E-state index in [0.29, 0.717) is 27.6 Å². The van der Waals surface area contributed by atoms with Crippen molar-refractivity contribution in [2.75, 3.05) is 18.5 Å². The maximum atomic E-state index is 13.4. The fraction of sp³-hybridized carbons (Fsp3) is 0.441. The molecule has 0 saturated heterocycles. The van der Waals surface area contributed by atoms with Crippen molar-refractivity contribution >= 4 is 34.1 Å². The van der Waals surface area contributed by atoms with Gasteiger partial charge in [0.25, 0.3) is 11.8 Å². The zero-order valence-electron chi connectivity index (χ0n) is 25.3. The normalized spacial score (nSPS) is 15.1. The standard InChI is InChI=1S/C34H42N2O4S/c1-21-8-17-26-27(20-21)41-31(36-29(37)22-9-13-24(14-10-22)33(2,3)4)28(26)30(38)35-18-19-40-32(39)23-11-15-25(16-12-23)34(5,6)7/h9-16,21H,8,17-20H2,1-7H3,(H,35,38)(H,36,37). The first kappa shape index (κ1) is 30.5. The number of hydrogen-bond donors (Lipinski definition) is 2. The van der Waals surface area contributed by atoms with Crippen LogP contribution in [0.2, 0.25) is 0 Å². The molecule has 0 radical (unpaired) electrons. The number of anilines is 1. The molecule has 0 spiro atoms. The van der Waals surface area contributed by atoms with Crippen molar-refractivity contribution in [3.63, 3.8) is 0 Å². The fourth-order valence-electron chi connectivity index (χ4n) is 4.96. The summed E-state index contributed by atoms with van der Waals surface area (Å²) in [6, 6.07) is 15.0. The van der Waals surface area contributed by atoms with E-state index >= 15 is 0 Å². The first-order valence-electron chi connectivity index (χ1n) is 14.4. The minimum absolute atomic E-state index is 0.000805. The van der Waals surface area contributed by atoms with E-state index in [4.69, 9.17) is 4.74 Å². The Labute approximate surface area is 247 Å². The number of nitrogens with one attached hydrogen (secondary N) is 2. The van der Waals surface area contributed by atoms with Gasteiger partial charge in [0, 0.05) is 10.4 Å². The molecule has 1 aromatic heterocycles. The molecule has 0 saturated carbocycles. The van der Waals surface area contributed by atoms with Crippen LogP contribution in [0.15, 0.2) is 48.5 Å². The molecule has 1 heterocycles. The molecule has 1 unspecified atom stereocenters. The Morgan fingerprint density at radius 3 is 1.98 bits per heavy atom. The fourth-order valence-corrected chi connectivity index (χ4v) is 6.37. The van der Waals surface area contributed by atoms with E-state index in [1.54, 1.807) is 12.1 Å². The van der Waals surface area contributed by atoms with Crippen LogP contribution in [-0.2, 0) is 28.4 Å². The Bertz CT molecular complexity index is 1410. The van der Waals surface area contributed by atoms with Crippen molar-refractivity contribution in [1.82, 2.24) is 5.32 Å². The summed E-state index contributed by atoms with van der Waals surface area (Å²) < 4.78 is 5.41. The zero-order valence-corrected chi connectivity index (χ0v) is 26.1. The lowest BCUT2D eigenvalue weighted by Crippen LogP contribution is -2.30. The van der Waals surface area contributed by atoms with Gasteiger partial charge in [-0.1, -0.05) is 72.7 Å². The highest BCUT2D eigenvalue weighted by atomic mass is 32.1. The lowest BCUT2D eigenvalue weighted by Gasteiger charge is -2.19. The molecule has 0 bridgehead atoms. The maximum Gasteiger partial charge on any atom is 0.338 e. The molecule has 7 heteroatoms. The van der Waals surface area contributed by atoms with Crippen LogP contribution in [0.4, 0.5) is 5.00 Å². The predicted molar refractivity (Wildman–Crippen MR) is 166 cm³/mol. The Balaban J connectivity index is 1.41. The topological polar surface area (TPSA) is 84.5 Å². The molecule has 0 fully saturated rings. The van der Waals surface area contributed by atoms with E-state index in [2.05, 4.69) is 59.1 Å². The molecule has 1 atom stereocenters. The summed E-state index contributed by atoms with van der Waals surface area (Å²) in [5.74, 6) is -0.395. The van der Waals surface area contributed by atoms with Crippen LogP contribution in [-0.4, -0.2) is 30.9 Å². The summed E-state index contributed by atoms with van der Waals surface area (Å²) in [6.45, 7) is 15.2. The minimum Gasteiger partial charge on any atom is -0.460 e. The monoisotopic (exact) mass is 574 g/mol. The summed E-state index contributed by atoms with van der Waals surface area (Å²) in [6.07, 6.45) is 2.69. The third-order valence-electron chi connectivity index (χ3n) is 7.59. The second kappa shape index (κ2) is 12.2. The van der Waals surface area contributed by atoms with Crippen molar-refractivity contribution in [1.29, 1.82) is 0 Å².